The molecule has 118 valence electrons. The third-order valence-electron chi connectivity index (χ3n) is 2.36. The molecule has 21 heavy (non-hydrogen) atoms. The molecule has 0 atom stereocenters. The van der Waals surface area contributed by atoms with Gasteiger partial charge in [-0.3, -0.25) is 4.99 Å². The van der Waals surface area contributed by atoms with Gasteiger partial charge in [0.15, 0.2) is 5.96 Å². The Labute approximate surface area is 121 Å². The van der Waals surface area contributed by atoms with Gasteiger partial charge in [-0.2, -0.15) is 13.2 Å². The highest BCUT2D eigenvalue weighted by atomic mass is 19.4. The summed E-state index contributed by atoms with van der Waals surface area (Å²) in [6.45, 7) is 4.25. The average Bonchev–Trinajstić information content (AvgIpc) is 2.41. The molecular formula is C13H19F3N4O. The van der Waals surface area contributed by atoms with Crippen LogP contribution in [0.2, 0.25) is 0 Å². The lowest BCUT2D eigenvalue weighted by molar-refractivity contribution is -0.139. The molecule has 5 nitrogen and oxygen atoms in total. The molecule has 0 saturated carbocycles. The molecule has 0 fully saturated rings. The molecule has 8 heteroatoms. The van der Waals surface area contributed by atoms with Crippen molar-refractivity contribution in [2.24, 2.45) is 4.99 Å². The number of aromatic nitrogens is 1. The van der Waals surface area contributed by atoms with E-state index in [1.165, 1.54) is 12.3 Å². The minimum atomic E-state index is -4.48. The molecule has 0 bridgehead atoms. The molecule has 0 aliphatic carbocycles. The maximum atomic E-state index is 12.7. The van der Waals surface area contributed by atoms with Gasteiger partial charge in [0.2, 0.25) is 5.88 Å². The van der Waals surface area contributed by atoms with E-state index in [4.69, 9.17) is 4.74 Å². The Hall–Kier alpha value is -1.99. The van der Waals surface area contributed by atoms with Gasteiger partial charge in [-0.15, -0.1) is 0 Å². The summed E-state index contributed by atoms with van der Waals surface area (Å²) in [6.07, 6.45) is -3.22. The first kappa shape index (κ1) is 17.1. The van der Waals surface area contributed by atoms with Gasteiger partial charge in [0.25, 0.3) is 0 Å². The number of guanidine groups is 1. The number of nitrogens with one attached hydrogen (secondary N) is 2. The maximum absolute atomic E-state index is 12.7. The number of rotatable bonds is 5. The summed E-state index contributed by atoms with van der Waals surface area (Å²) < 4.78 is 43.2. The van der Waals surface area contributed by atoms with E-state index in [1.54, 1.807) is 7.05 Å². The molecular weight excluding hydrogens is 285 g/mol. The fraction of sp³-hybridized carbons (Fsp3) is 0.538. The van der Waals surface area contributed by atoms with Crippen LogP contribution < -0.4 is 15.4 Å². The van der Waals surface area contributed by atoms with Gasteiger partial charge in [0, 0.05) is 19.3 Å². The highest BCUT2D eigenvalue weighted by Gasteiger charge is 2.34. The molecule has 0 aliphatic rings. The molecule has 0 aliphatic heterocycles. The number of hydrogen-bond acceptors (Lipinski definition) is 3. The van der Waals surface area contributed by atoms with Crippen LogP contribution in [0.3, 0.4) is 0 Å². The van der Waals surface area contributed by atoms with E-state index < -0.39 is 17.6 Å². The predicted molar refractivity (Wildman–Crippen MR) is 74.4 cm³/mol. The number of alkyl halides is 3. The van der Waals surface area contributed by atoms with E-state index in [0.717, 1.165) is 6.07 Å². The molecule has 0 aromatic carbocycles. The lowest BCUT2D eigenvalue weighted by atomic mass is 10.2. The first-order chi connectivity index (χ1) is 9.84. The van der Waals surface area contributed by atoms with Crippen molar-refractivity contribution in [3.8, 4) is 5.88 Å². The maximum Gasteiger partial charge on any atom is 0.421 e. The van der Waals surface area contributed by atoms with Gasteiger partial charge < -0.3 is 15.4 Å². The Bertz CT molecular complexity index is 475. The molecule has 0 saturated heterocycles. The van der Waals surface area contributed by atoms with Gasteiger partial charge in [-0.1, -0.05) is 0 Å². The summed E-state index contributed by atoms with van der Waals surface area (Å²) in [4.78, 5) is 7.59. The lowest BCUT2D eigenvalue weighted by Gasteiger charge is -2.15. The first-order valence-electron chi connectivity index (χ1n) is 6.46. The summed E-state index contributed by atoms with van der Waals surface area (Å²) in [5.41, 5.74) is -0.880. The fourth-order valence-electron chi connectivity index (χ4n) is 1.51. The van der Waals surface area contributed by atoms with Crippen LogP contribution in [0.1, 0.15) is 19.4 Å². The molecule has 1 heterocycles. The summed E-state index contributed by atoms with van der Waals surface area (Å²) in [7, 11) is 1.61. The van der Waals surface area contributed by atoms with Gasteiger partial charge in [-0.25, -0.2) is 4.98 Å². The zero-order valence-electron chi connectivity index (χ0n) is 12.2. The van der Waals surface area contributed by atoms with Crippen molar-refractivity contribution in [1.82, 2.24) is 15.6 Å². The predicted octanol–water partition coefficient (Wildman–Crippen LogP) is 2.05. The number of aliphatic imine (C=N–C) groups is 1. The minimum absolute atomic E-state index is 0.0406. The molecule has 1 rings (SSSR count). The number of pyridine rings is 1. The third-order valence-corrected chi connectivity index (χ3v) is 2.36. The van der Waals surface area contributed by atoms with Gasteiger partial charge in [0.05, 0.1) is 6.54 Å². The Morgan fingerprint density at radius 3 is 2.71 bits per heavy atom. The monoisotopic (exact) mass is 304 g/mol. The highest BCUT2D eigenvalue weighted by molar-refractivity contribution is 5.79. The first-order valence-corrected chi connectivity index (χ1v) is 6.46. The van der Waals surface area contributed by atoms with E-state index in [1.807, 2.05) is 13.8 Å². The molecule has 1 aromatic rings. The van der Waals surface area contributed by atoms with Crippen LogP contribution in [-0.2, 0) is 6.18 Å². The van der Waals surface area contributed by atoms with Gasteiger partial charge in [0.1, 0.15) is 12.2 Å². The zero-order valence-corrected chi connectivity index (χ0v) is 12.2. The highest BCUT2D eigenvalue weighted by Crippen LogP contribution is 2.34. The van der Waals surface area contributed by atoms with Crippen molar-refractivity contribution in [3.63, 3.8) is 0 Å². The minimum Gasteiger partial charge on any atom is -0.475 e. The number of nitrogens with zero attached hydrogens (tertiary/aromatic N) is 2. The van der Waals surface area contributed by atoms with Crippen molar-refractivity contribution in [2.45, 2.75) is 26.1 Å². The second kappa shape index (κ2) is 7.70. The van der Waals surface area contributed by atoms with Gasteiger partial charge >= 0.3 is 6.18 Å². The van der Waals surface area contributed by atoms with E-state index in [0.29, 0.717) is 12.5 Å². The normalized spacial score (nSPS) is 12.4. The Morgan fingerprint density at radius 2 is 2.14 bits per heavy atom. The second-order valence-electron chi connectivity index (χ2n) is 4.50. The Balaban J connectivity index is 2.50. The quantitative estimate of drug-likeness (QED) is 0.496. The standard InChI is InChI=1S/C13H19F3N4O/c1-9(2)20-12(17-3)19-7-8-21-11-10(13(14,15)16)5-4-6-18-11/h4-6,9H,7-8H2,1-3H3,(H2,17,19,20). The fourth-order valence-corrected chi connectivity index (χ4v) is 1.51. The summed E-state index contributed by atoms with van der Waals surface area (Å²) in [6, 6.07) is 2.36. The van der Waals surface area contributed by atoms with Crippen molar-refractivity contribution in [1.29, 1.82) is 0 Å². The summed E-state index contributed by atoms with van der Waals surface area (Å²) in [5, 5.41) is 5.99. The molecule has 0 radical (unpaired) electrons. The number of hydrogen-bond donors (Lipinski definition) is 2. The van der Waals surface area contributed by atoms with E-state index in [2.05, 4.69) is 20.6 Å². The average molecular weight is 304 g/mol. The van der Waals surface area contributed by atoms with Crippen LogP contribution in [0, 0.1) is 0 Å². The van der Waals surface area contributed by atoms with Crippen molar-refractivity contribution >= 4 is 5.96 Å². The zero-order chi connectivity index (χ0) is 15.9. The van der Waals surface area contributed by atoms with Crippen LogP contribution in [0.5, 0.6) is 5.88 Å². The Kier molecular flexibility index (Phi) is 6.26. The SMILES string of the molecule is CN=C(NCCOc1ncccc1C(F)(F)F)NC(C)C. The largest absolute Gasteiger partial charge is 0.475 e. The second-order valence-corrected chi connectivity index (χ2v) is 4.50. The topological polar surface area (TPSA) is 58.5 Å². The van der Waals surface area contributed by atoms with E-state index in [9.17, 15) is 13.2 Å². The summed E-state index contributed by atoms with van der Waals surface area (Å²) in [5.74, 6) is 0.143. The van der Waals surface area contributed by atoms with Crippen LogP contribution in [0.15, 0.2) is 23.3 Å². The number of halogens is 3. The molecule has 0 unspecified atom stereocenters. The van der Waals surface area contributed by atoms with E-state index in [-0.39, 0.29) is 12.6 Å². The van der Waals surface area contributed by atoms with Crippen LogP contribution >= 0.6 is 0 Å². The molecule has 2 N–H and O–H groups in total. The van der Waals surface area contributed by atoms with Gasteiger partial charge in [-0.05, 0) is 26.0 Å². The molecule has 0 amide bonds. The van der Waals surface area contributed by atoms with E-state index >= 15 is 0 Å². The van der Waals surface area contributed by atoms with Crippen LogP contribution in [0.25, 0.3) is 0 Å². The van der Waals surface area contributed by atoms with Crippen LogP contribution in [0.4, 0.5) is 13.2 Å². The smallest absolute Gasteiger partial charge is 0.421 e. The van der Waals surface area contributed by atoms with Crippen molar-refractivity contribution in [3.05, 3.63) is 23.9 Å². The lowest BCUT2D eigenvalue weighted by Crippen LogP contribution is -2.42. The van der Waals surface area contributed by atoms with Crippen molar-refractivity contribution < 1.29 is 17.9 Å². The van der Waals surface area contributed by atoms with Crippen molar-refractivity contribution in [2.75, 3.05) is 20.2 Å². The molecule has 0 spiro atoms. The van der Waals surface area contributed by atoms with Crippen LogP contribution in [-0.4, -0.2) is 37.2 Å². The molecule has 1 aromatic heterocycles. The number of ether oxygens (including phenoxy) is 1. The third kappa shape index (κ3) is 5.88. The Morgan fingerprint density at radius 1 is 1.43 bits per heavy atom. The summed E-state index contributed by atoms with van der Waals surface area (Å²) >= 11 is 0.